The molecule has 0 spiro atoms. The lowest BCUT2D eigenvalue weighted by molar-refractivity contribution is 0.0644. The zero-order valence-corrected chi connectivity index (χ0v) is 19.0. The SMILES string of the molecule is CC(C)N(C(=O)c1ccc2c(-c3cnc4ccc(C#N)cn34)nn(C)c2c1)C(C)C.Cl. The summed E-state index contributed by atoms with van der Waals surface area (Å²) in [7, 11) is 1.87. The summed E-state index contributed by atoms with van der Waals surface area (Å²) in [5, 5.41) is 14.9. The van der Waals surface area contributed by atoms with Gasteiger partial charge in [0, 0.05) is 36.3 Å². The van der Waals surface area contributed by atoms with Gasteiger partial charge in [-0.1, -0.05) is 0 Å². The van der Waals surface area contributed by atoms with E-state index >= 15 is 0 Å². The largest absolute Gasteiger partial charge is 0.334 e. The predicted octanol–water partition coefficient (Wildman–Crippen LogP) is 4.44. The minimum absolute atomic E-state index is 0. The predicted molar refractivity (Wildman–Crippen MR) is 123 cm³/mol. The highest BCUT2D eigenvalue weighted by Crippen LogP contribution is 2.29. The number of rotatable bonds is 4. The van der Waals surface area contributed by atoms with E-state index in [-0.39, 0.29) is 30.4 Å². The fraction of sp³-hybridized carbons (Fsp3) is 0.304. The lowest BCUT2D eigenvalue weighted by atomic mass is 10.1. The third-order valence-corrected chi connectivity index (χ3v) is 5.32. The fourth-order valence-electron chi connectivity index (χ4n) is 4.02. The van der Waals surface area contributed by atoms with Crippen LogP contribution in [0.15, 0.2) is 42.7 Å². The maximum Gasteiger partial charge on any atom is 0.254 e. The van der Waals surface area contributed by atoms with Crippen LogP contribution in [0, 0.1) is 11.3 Å². The molecule has 31 heavy (non-hydrogen) atoms. The van der Waals surface area contributed by atoms with Gasteiger partial charge in [0.2, 0.25) is 0 Å². The van der Waals surface area contributed by atoms with Crippen LogP contribution in [0.3, 0.4) is 0 Å². The Labute approximate surface area is 187 Å². The van der Waals surface area contributed by atoms with Crippen molar-refractivity contribution in [2.75, 3.05) is 0 Å². The molecule has 0 saturated carbocycles. The van der Waals surface area contributed by atoms with Crippen LogP contribution in [-0.4, -0.2) is 42.1 Å². The van der Waals surface area contributed by atoms with E-state index in [9.17, 15) is 10.1 Å². The summed E-state index contributed by atoms with van der Waals surface area (Å²) >= 11 is 0. The van der Waals surface area contributed by atoms with Gasteiger partial charge in [-0.2, -0.15) is 10.4 Å². The van der Waals surface area contributed by atoms with Crippen molar-refractivity contribution in [3.63, 3.8) is 0 Å². The lowest BCUT2D eigenvalue weighted by Crippen LogP contribution is -2.42. The monoisotopic (exact) mass is 436 g/mol. The normalized spacial score (nSPS) is 11.2. The summed E-state index contributed by atoms with van der Waals surface area (Å²) in [4.78, 5) is 19.4. The molecule has 8 heteroatoms. The van der Waals surface area contributed by atoms with Crippen molar-refractivity contribution in [2.24, 2.45) is 7.05 Å². The fourth-order valence-corrected chi connectivity index (χ4v) is 4.02. The van der Waals surface area contributed by atoms with Crippen LogP contribution in [0.25, 0.3) is 27.9 Å². The van der Waals surface area contributed by atoms with E-state index in [2.05, 4.69) is 11.1 Å². The average molecular weight is 437 g/mol. The van der Waals surface area contributed by atoms with Crippen LogP contribution in [0.1, 0.15) is 43.6 Å². The Balaban J connectivity index is 0.00000272. The number of hydrogen-bond acceptors (Lipinski definition) is 4. The molecule has 3 aromatic heterocycles. The Morgan fingerprint density at radius 3 is 2.48 bits per heavy atom. The molecule has 0 bridgehead atoms. The zero-order valence-electron chi connectivity index (χ0n) is 18.2. The van der Waals surface area contributed by atoms with E-state index in [1.54, 1.807) is 23.1 Å². The number of benzene rings is 1. The molecule has 0 saturated heterocycles. The molecule has 7 nitrogen and oxygen atoms in total. The number of aryl methyl sites for hydroxylation is 1. The first-order valence-electron chi connectivity index (χ1n) is 9.98. The smallest absolute Gasteiger partial charge is 0.254 e. The molecule has 0 atom stereocenters. The Morgan fingerprint density at radius 1 is 1.13 bits per heavy atom. The number of halogens is 1. The number of fused-ring (bicyclic) bond motifs is 2. The highest BCUT2D eigenvalue weighted by molar-refractivity contribution is 6.01. The van der Waals surface area contributed by atoms with Gasteiger partial charge < -0.3 is 4.90 Å². The van der Waals surface area contributed by atoms with Crippen molar-refractivity contribution < 1.29 is 4.79 Å². The molecule has 1 amide bonds. The van der Waals surface area contributed by atoms with Gasteiger partial charge in [-0.3, -0.25) is 13.9 Å². The number of imidazole rings is 1. The molecule has 160 valence electrons. The van der Waals surface area contributed by atoms with E-state index in [0.29, 0.717) is 11.1 Å². The molecule has 4 aromatic rings. The van der Waals surface area contributed by atoms with Gasteiger partial charge >= 0.3 is 0 Å². The Hall–Kier alpha value is -3.37. The lowest BCUT2D eigenvalue weighted by Gasteiger charge is -2.30. The maximum atomic E-state index is 13.1. The van der Waals surface area contributed by atoms with Crippen LogP contribution in [0.4, 0.5) is 0 Å². The van der Waals surface area contributed by atoms with Crippen LogP contribution in [0.5, 0.6) is 0 Å². The number of nitrogens with zero attached hydrogens (tertiary/aromatic N) is 6. The van der Waals surface area contributed by atoms with E-state index in [1.807, 2.05) is 68.3 Å². The third kappa shape index (κ3) is 3.75. The Bertz CT molecular complexity index is 1300. The Kier molecular flexibility index (Phi) is 6.05. The highest BCUT2D eigenvalue weighted by Gasteiger charge is 2.23. The molecule has 1 aromatic carbocycles. The van der Waals surface area contributed by atoms with Gasteiger partial charge in [0.05, 0.1) is 23.0 Å². The molecule has 4 rings (SSSR count). The summed E-state index contributed by atoms with van der Waals surface area (Å²) in [6.45, 7) is 8.11. The van der Waals surface area contributed by atoms with Crippen molar-refractivity contribution in [2.45, 2.75) is 39.8 Å². The molecule has 0 radical (unpaired) electrons. The standard InChI is InChI=1S/C23H24N6O.ClH/c1-14(2)29(15(3)4)23(30)17-7-8-18-19(10-17)27(5)26-22(18)20-12-25-21-9-6-16(11-24)13-28(20)21;/h6-10,12-15H,1-5H3;1H. The molecule has 0 aliphatic rings. The van der Waals surface area contributed by atoms with Crippen molar-refractivity contribution in [1.29, 1.82) is 5.26 Å². The minimum Gasteiger partial charge on any atom is -0.334 e. The van der Waals surface area contributed by atoms with Crippen LogP contribution < -0.4 is 0 Å². The first kappa shape index (κ1) is 22.3. The molecule has 0 fully saturated rings. The van der Waals surface area contributed by atoms with E-state index in [4.69, 9.17) is 5.10 Å². The Morgan fingerprint density at radius 2 is 1.84 bits per heavy atom. The summed E-state index contributed by atoms with van der Waals surface area (Å²) < 4.78 is 3.66. The van der Waals surface area contributed by atoms with Gasteiger partial charge in [0.15, 0.2) is 0 Å². The number of pyridine rings is 1. The molecule has 0 N–H and O–H groups in total. The molecule has 0 unspecified atom stereocenters. The average Bonchev–Trinajstić information content (AvgIpc) is 3.27. The number of hydrogen-bond donors (Lipinski definition) is 0. The summed E-state index contributed by atoms with van der Waals surface area (Å²) in [6.07, 6.45) is 3.52. The maximum absolute atomic E-state index is 13.1. The van der Waals surface area contributed by atoms with Gasteiger partial charge in [0.25, 0.3) is 5.91 Å². The molecular formula is C23H25ClN6O. The molecule has 0 aliphatic carbocycles. The molecule has 3 heterocycles. The highest BCUT2D eigenvalue weighted by atomic mass is 35.5. The van der Waals surface area contributed by atoms with E-state index in [0.717, 1.165) is 27.9 Å². The molecular weight excluding hydrogens is 412 g/mol. The van der Waals surface area contributed by atoms with Gasteiger partial charge in [0.1, 0.15) is 17.4 Å². The topological polar surface area (TPSA) is 79.2 Å². The van der Waals surface area contributed by atoms with E-state index in [1.165, 1.54) is 0 Å². The number of nitriles is 1. The third-order valence-electron chi connectivity index (χ3n) is 5.32. The van der Waals surface area contributed by atoms with Gasteiger partial charge in [-0.15, -0.1) is 12.4 Å². The number of amides is 1. The van der Waals surface area contributed by atoms with Crippen molar-refractivity contribution >= 4 is 34.9 Å². The van der Waals surface area contributed by atoms with Gasteiger partial charge in [-0.25, -0.2) is 4.98 Å². The van der Waals surface area contributed by atoms with Crippen molar-refractivity contribution in [3.8, 4) is 17.5 Å². The second kappa shape index (κ2) is 8.40. The second-order valence-electron chi connectivity index (χ2n) is 8.01. The number of carbonyl (C=O) groups is 1. The summed E-state index contributed by atoms with van der Waals surface area (Å²) in [5.74, 6) is 0.0121. The van der Waals surface area contributed by atoms with E-state index < -0.39 is 0 Å². The summed E-state index contributed by atoms with van der Waals surface area (Å²) in [5.41, 5.74) is 4.38. The first-order chi connectivity index (χ1) is 14.3. The number of carbonyl (C=O) groups excluding carboxylic acids is 1. The minimum atomic E-state index is 0. The first-order valence-corrected chi connectivity index (χ1v) is 9.98. The van der Waals surface area contributed by atoms with Crippen molar-refractivity contribution in [1.82, 2.24) is 24.1 Å². The van der Waals surface area contributed by atoms with Crippen LogP contribution in [-0.2, 0) is 7.05 Å². The van der Waals surface area contributed by atoms with Crippen LogP contribution in [0.2, 0.25) is 0 Å². The second-order valence-corrected chi connectivity index (χ2v) is 8.01. The quantitative estimate of drug-likeness (QED) is 0.473. The number of aromatic nitrogens is 4. The summed E-state index contributed by atoms with van der Waals surface area (Å²) in [6, 6.07) is 11.7. The zero-order chi connectivity index (χ0) is 21.6. The molecule has 0 aliphatic heterocycles. The van der Waals surface area contributed by atoms with Gasteiger partial charge in [-0.05, 0) is 58.0 Å². The van der Waals surface area contributed by atoms with Crippen LogP contribution >= 0.6 is 12.4 Å². The van der Waals surface area contributed by atoms with Crippen molar-refractivity contribution in [3.05, 3.63) is 53.9 Å².